The molecule has 5 nitrogen and oxygen atoms in total. The molecule has 0 aliphatic rings. The monoisotopic (exact) mass is 409 g/mol. The summed E-state index contributed by atoms with van der Waals surface area (Å²) in [6.07, 6.45) is 2.18. The molecule has 0 saturated carbocycles. The molecule has 0 aliphatic heterocycles. The van der Waals surface area contributed by atoms with E-state index < -0.39 is 0 Å². The average molecular weight is 411 g/mol. The van der Waals surface area contributed by atoms with Crippen LogP contribution in [0.1, 0.15) is 11.5 Å². The Hall–Kier alpha value is -1.73. The lowest BCUT2D eigenvalue weighted by Gasteiger charge is -1.98. The van der Waals surface area contributed by atoms with Crippen molar-refractivity contribution < 1.29 is 9.63 Å². The number of nitrogens with zero attached hydrogens (tertiary/aromatic N) is 3. The largest absolute Gasteiger partial charge is 0.508 e. The van der Waals surface area contributed by atoms with Gasteiger partial charge in [0.25, 0.3) is 0 Å². The summed E-state index contributed by atoms with van der Waals surface area (Å²) in [6.45, 7) is 0. The summed E-state index contributed by atoms with van der Waals surface area (Å²) in [7, 11) is 0. The van der Waals surface area contributed by atoms with E-state index >= 15 is 0 Å². The molecule has 0 spiro atoms. The van der Waals surface area contributed by atoms with Crippen LogP contribution in [0.25, 0.3) is 11.5 Å². The number of rotatable bonds is 3. The predicted molar refractivity (Wildman–Crippen MR) is 83.8 cm³/mol. The van der Waals surface area contributed by atoms with Gasteiger partial charge in [0.05, 0.1) is 6.42 Å². The Morgan fingerprint density at radius 1 is 1.14 bits per heavy atom. The lowest BCUT2D eigenvalue weighted by Crippen LogP contribution is -1.90. The number of benzene rings is 1. The first-order valence-corrected chi connectivity index (χ1v) is 7.62. The first kappa shape index (κ1) is 14.2. The zero-order valence-electron chi connectivity index (χ0n) is 10.6. The van der Waals surface area contributed by atoms with Crippen molar-refractivity contribution in [3.05, 3.63) is 56.9 Å². The van der Waals surface area contributed by atoms with Gasteiger partial charge in [0.15, 0.2) is 0 Å². The van der Waals surface area contributed by atoms with E-state index in [-0.39, 0.29) is 5.75 Å². The van der Waals surface area contributed by atoms with Crippen LogP contribution in [0.4, 0.5) is 0 Å². The third-order valence-corrected chi connectivity index (χ3v) is 3.82. The van der Waals surface area contributed by atoms with E-state index in [0.717, 1.165) is 14.5 Å². The Kier molecular flexibility index (Phi) is 4.03. The highest BCUT2D eigenvalue weighted by molar-refractivity contribution is 9.11. The quantitative estimate of drug-likeness (QED) is 0.707. The summed E-state index contributed by atoms with van der Waals surface area (Å²) < 4.78 is 6.89. The summed E-state index contributed by atoms with van der Waals surface area (Å²) in [5.41, 5.74) is 1.60. The minimum absolute atomic E-state index is 0.230. The Bertz CT molecular complexity index is 772. The molecule has 1 aromatic carbocycles. The second-order valence-electron chi connectivity index (χ2n) is 4.34. The molecule has 2 heterocycles. The highest BCUT2D eigenvalue weighted by Gasteiger charge is 2.13. The number of aromatic hydroxyl groups is 1. The Morgan fingerprint density at radius 3 is 2.62 bits per heavy atom. The first-order valence-electron chi connectivity index (χ1n) is 6.04. The maximum absolute atomic E-state index is 9.26. The normalized spacial score (nSPS) is 10.8. The summed E-state index contributed by atoms with van der Waals surface area (Å²) in [5, 5.41) is 13.2. The summed E-state index contributed by atoms with van der Waals surface area (Å²) in [5.74, 6) is 1.16. The van der Waals surface area contributed by atoms with Crippen molar-refractivity contribution >= 4 is 31.9 Å². The number of halogens is 2. The van der Waals surface area contributed by atoms with Gasteiger partial charge >= 0.3 is 0 Å². The third kappa shape index (κ3) is 3.30. The molecular formula is C14H9Br2N3O2. The van der Waals surface area contributed by atoms with Crippen LogP contribution in [0.15, 0.2) is 50.0 Å². The molecule has 0 atom stereocenters. The van der Waals surface area contributed by atoms with Crippen molar-refractivity contribution in [2.45, 2.75) is 6.42 Å². The molecule has 3 aromatic rings. The Balaban J connectivity index is 1.84. The second kappa shape index (κ2) is 5.95. The highest BCUT2D eigenvalue weighted by atomic mass is 79.9. The van der Waals surface area contributed by atoms with Gasteiger partial charge in [-0.1, -0.05) is 17.3 Å². The van der Waals surface area contributed by atoms with Gasteiger partial charge in [-0.25, -0.2) is 0 Å². The van der Waals surface area contributed by atoms with E-state index in [1.165, 1.54) is 0 Å². The molecule has 0 saturated heterocycles. The fraction of sp³-hybridized carbons (Fsp3) is 0.0714. The van der Waals surface area contributed by atoms with Crippen LogP contribution in [0.3, 0.4) is 0 Å². The van der Waals surface area contributed by atoms with Crippen molar-refractivity contribution in [2.24, 2.45) is 0 Å². The van der Waals surface area contributed by atoms with Crippen molar-refractivity contribution in [3.8, 4) is 17.3 Å². The fourth-order valence-corrected chi connectivity index (χ4v) is 2.96. The van der Waals surface area contributed by atoms with Crippen molar-refractivity contribution in [1.82, 2.24) is 15.1 Å². The smallest absolute Gasteiger partial charge is 0.231 e. The standard InChI is InChI=1S/C14H9Br2N3O2/c15-9-6-11(16)13(17-7-9)14-18-12(21-19-14)5-8-1-3-10(20)4-2-8/h1-4,6-7,20H,5H2. The minimum atomic E-state index is 0.230. The van der Waals surface area contributed by atoms with Gasteiger partial charge in [-0.2, -0.15) is 4.98 Å². The van der Waals surface area contributed by atoms with Crippen LogP contribution in [-0.4, -0.2) is 20.2 Å². The average Bonchev–Trinajstić information content (AvgIpc) is 2.90. The van der Waals surface area contributed by atoms with Gasteiger partial charge in [-0.05, 0) is 55.6 Å². The molecule has 7 heteroatoms. The topological polar surface area (TPSA) is 72.0 Å². The molecule has 106 valence electrons. The molecule has 0 radical (unpaired) electrons. The summed E-state index contributed by atoms with van der Waals surface area (Å²) in [4.78, 5) is 8.61. The maximum Gasteiger partial charge on any atom is 0.231 e. The number of phenolic OH excluding ortho intramolecular Hbond substituents is 1. The van der Waals surface area contributed by atoms with Crippen LogP contribution in [-0.2, 0) is 6.42 Å². The minimum Gasteiger partial charge on any atom is -0.508 e. The predicted octanol–water partition coefficient (Wildman–Crippen LogP) is 3.95. The molecule has 2 aromatic heterocycles. The van der Waals surface area contributed by atoms with Crippen LogP contribution in [0.2, 0.25) is 0 Å². The molecule has 0 bridgehead atoms. The van der Waals surface area contributed by atoms with Crippen molar-refractivity contribution in [2.75, 3.05) is 0 Å². The molecule has 1 N–H and O–H groups in total. The van der Waals surface area contributed by atoms with Gasteiger partial charge in [-0.3, -0.25) is 4.98 Å². The van der Waals surface area contributed by atoms with Gasteiger partial charge in [0, 0.05) is 15.1 Å². The lowest BCUT2D eigenvalue weighted by molar-refractivity contribution is 0.385. The lowest BCUT2D eigenvalue weighted by atomic mass is 10.1. The van der Waals surface area contributed by atoms with Gasteiger partial charge in [-0.15, -0.1) is 0 Å². The van der Waals surface area contributed by atoms with E-state index in [9.17, 15) is 5.11 Å². The second-order valence-corrected chi connectivity index (χ2v) is 6.11. The number of hydrogen-bond acceptors (Lipinski definition) is 5. The van der Waals surface area contributed by atoms with Gasteiger partial charge < -0.3 is 9.63 Å². The van der Waals surface area contributed by atoms with E-state index in [0.29, 0.717) is 23.8 Å². The van der Waals surface area contributed by atoms with E-state index in [2.05, 4.69) is 47.0 Å². The zero-order chi connectivity index (χ0) is 14.8. The van der Waals surface area contributed by atoms with Gasteiger partial charge in [0.2, 0.25) is 11.7 Å². The van der Waals surface area contributed by atoms with Crippen LogP contribution >= 0.6 is 31.9 Å². The van der Waals surface area contributed by atoms with E-state index in [4.69, 9.17) is 4.52 Å². The fourth-order valence-electron chi connectivity index (χ4n) is 1.79. The Labute approximate surface area is 137 Å². The molecule has 0 aliphatic carbocycles. The summed E-state index contributed by atoms with van der Waals surface area (Å²) in [6, 6.07) is 8.75. The Morgan fingerprint density at radius 2 is 1.90 bits per heavy atom. The number of pyridine rings is 1. The molecular weight excluding hydrogens is 402 g/mol. The molecule has 0 unspecified atom stereocenters. The number of hydrogen-bond donors (Lipinski definition) is 1. The highest BCUT2D eigenvalue weighted by Crippen LogP contribution is 2.26. The van der Waals surface area contributed by atoms with Crippen LogP contribution in [0, 0.1) is 0 Å². The molecule has 0 fully saturated rings. The SMILES string of the molecule is Oc1ccc(Cc2nc(-c3ncc(Br)cc3Br)no2)cc1. The van der Waals surface area contributed by atoms with Crippen LogP contribution in [0.5, 0.6) is 5.75 Å². The van der Waals surface area contributed by atoms with E-state index in [1.807, 2.05) is 18.2 Å². The molecule has 0 amide bonds. The van der Waals surface area contributed by atoms with Crippen LogP contribution < -0.4 is 0 Å². The van der Waals surface area contributed by atoms with E-state index in [1.54, 1.807) is 18.3 Å². The van der Waals surface area contributed by atoms with Gasteiger partial charge in [0.1, 0.15) is 11.4 Å². The van der Waals surface area contributed by atoms with Crippen molar-refractivity contribution in [3.63, 3.8) is 0 Å². The molecule has 3 rings (SSSR count). The molecule has 21 heavy (non-hydrogen) atoms. The third-order valence-electron chi connectivity index (χ3n) is 2.78. The maximum atomic E-state index is 9.26. The number of aromatic nitrogens is 3. The van der Waals surface area contributed by atoms with Crippen molar-refractivity contribution in [1.29, 1.82) is 0 Å². The first-order chi connectivity index (χ1) is 10.1. The number of phenols is 1. The summed E-state index contributed by atoms with van der Waals surface area (Å²) >= 11 is 6.77. The zero-order valence-corrected chi connectivity index (χ0v) is 13.8.